The first-order valence-corrected chi connectivity index (χ1v) is 10.8. The number of hydrogen-bond donors (Lipinski definition) is 3. The number of anilines is 2. The number of nitrogens with zero attached hydrogens (tertiary/aromatic N) is 2. The van der Waals surface area contributed by atoms with Gasteiger partial charge in [-0.1, -0.05) is 31.2 Å². The van der Waals surface area contributed by atoms with Crippen LogP contribution in [0.1, 0.15) is 24.2 Å². The minimum atomic E-state index is -0.430. The van der Waals surface area contributed by atoms with Gasteiger partial charge in [-0.15, -0.1) is 0 Å². The molecule has 3 rings (SSSR count). The van der Waals surface area contributed by atoms with Crippen LogP contribution >= 0.6 is 0 Å². The molecule has 0 unspecified atom stereocenters. The van der Waals surface area contributed by atoms with E-state index in [9.17, 15) is 14.7 Å². The summed E-state index contributed by atoms with van der Waals surface area (Å²) >= 11 is 0. The highest BCUT2D eigenvalue weighted by atomic mass is 16.5. The smallest absolute Gasteiger partial charge is 0.323 e. The van der Waals surface area contributed by atoms with Crippen LogP contribution in [0.5, 0.6) is 5.75 Å². The molecule has 3 atom stereocenters. The lowest BCUT2D eigenvalue weighted by Gasteiger charge is -2.38. The number of ether oxygens (including phenoxy) is 1. The number of para-hydroxylation sites is 2. The van der Waals surface area contributed by atoms with Crippen LogP contribution in [0.15, 0.2) is 48.5 Å². The second-order valence-corrected chi connectivity index (χ2v) is 8.51. The van der Waals surface area contributed by atoms with E-state index < -0.39 is 6.03 Å². The van der Waals surface area contributed by atoms with Crippen LogP contribution in [-0.4, -0.2) is 72.8 Å². The van der Waals surface area contributed by atoms with Gasteiger partial charge in [0.25, 0.3) is 5.91 Å². The van der Waals surface area contributed by atoms with Gasteiger partial charge < -0.3 is 30.3 Å². The van der Waals surface area contributed by atoms with Gasteiger partial charge in [0.2, 0.25) is 0 Å². The highest BCUT2D eigenvalue weighted by molar-refractivity contribution is 6.04. The van der Waals surface area contributed by atoms with Crippen LogP contribution in [0.4, 0.5) is 16.2 Å². The number of rotatable bonds is 6. The van der Waals surface area contributed by atoms with E-state index >= 15 is 0 Å². The van der Waals surface area contributed by atoms with E-state index in [-0.39, 0.29) is 30.6 Å². The largest absolute Gasteiger partial charge is 0.486 e. The normalized spacial score (nSPS) is 19.4. The highest BCUT2D eigenvalue weighted by Gasteiger charge is 2.34. The number of aliphatic hydroxyl groups is 1. The van der Waals surface area contributed by atoms with Crippen molar-refractivity contribution in [1.29, 1.82) is 0 Å². The molecule has 0 fully saturated rings. The Morgan fingerprint density at radius 2 is 1.91 bits per heavy atom. The maximum atomic E-state index is 13.4. The Hall–Kier alpha value is -3.10. The zero-order valence-corrected chi connectivity index (χ0v) is 19.0. The quantitative estimate of drug-likeness (QED) is 0.642. The molecular weight excluding hydrogens is 408 g/mol. The fourth-order valence-electron chi connectivity index (χ4n) is 3.73. The zero-order chi connectivity index (χ0) is 23.3. The molecule has 0 saturated carbocycles. The van der Waals surface area contributed by atoms with Gasteiger partial charge in [0.05, 0.1) is 23.9 Å². The molecule has 32 heavy (non-hydrogen) atoms. The van der Waals surface area contributed by atoms with Crippen LogP contribution in [-0.2, 0) is 0 Å². The number of hydrogen-bond acceptors (Lipinski definition) is 5. The summed E-state index contributed by atoms with van der Waals surface area (Å²) < 4.78 is 6.38. The summed E-state index contributed by atoms with van der Waals surface area (Å²) in [6.45, 7) is 4.82. The van der Waals surface area contributed by atoms with Crippen molar-refractivity contribution in [2.45, 2.75) is 26.0 Å². The van der Waals surface area contributed by atoms with Gasteiger partial charge in [0, 0.05) is 24.7 Å². The zero-order valence-electron chi connectivity index (χ0n) is 19.0. The molecule has 0 aromatic heterocycles. The van der Waals surface area contributed by atoms with E-state index in [1.165, 1.54) is 0 Å². The molecule has 3 N–H and O–H groups in total. The second kappa shape index (κ2) is 10.5. The van der Waals surface area contributed by atoms with Crippen LogP contribution < -0.4 is 15.4 Å². The van der Waals surface area contributed by atoms with Crippen molar-refractivity contribution in [2.24, 2.45) is 5.92 Å². The molecule has 8 heteroatoms. The maximum absolute atomic E-state index is 13.4. The van der Waals surface area contributed by atoms with Crippen LogP contribution in [0.3, 0.4) is 0 Å². The average molecular weight is 441 g/mol. The summed E-state index contributed by atoms with van der Waals surface area (Å²) in [5.41, 5.74) is 1.43. The summed E-state index contributed by atoms with van der Waals surface area (Å²) in [7, 11) is 3.93. The molecule has 0 bridgehead atoms. The van der Waals surface area contributed by atoms with Gasteiger partial charge in [-0.2, -0.15) is 0 Å². The summed E-state index contributed by atoms with van der Waals surface area (Å²) in [5.74, 6) is 0.118. The molecule has 1 heterocycles. The first kappa shape index (κ1) is 23.6. The molecule has 0 aliphatic carbocycles. The lowest BCUT2D eigenvalue weighted by atomic mass is 9.99. The second-order valence-electron chi connectivity index (χ2n) is 8.51. The Kier molecular flexibility index (Phi) is 7.71. The first-order valence-electron chi connectivity index (χ1n) is 10.8. The predicted molar refractivity (Wildman–Crippen MR) is 125 cm³/mol. The van der Waals surface area contributed by atoms with Gasteiger partial charge in [-0.3, -0.25) is 4.79 Å². The highest BCUT2D eigenvalue weighted by Crippen LogP contribution is 2.35. The number of benzene rings is 2. The van der Waals surface area contributed by atoms with Crippen LogP contribution in [0, 0.1) is 5.92 Å². The Morgan fingerprint density at radius 1 is 1.19 bits per heavy atom. The lowest BCUT2D eigenvalue weighted by molar-refractivity contribution is 0.0365. The van der Waals surface area contributed by atoms with E-state index in [1.807, 2.05) is 51.0 Å². The number of fused-ring (bicyclic) bond motifs is 1. The third kappa shape index (κ3) is 5.57. The average Bonchev–Trinajstić information content (AvgIpc) is 2.76. The summed E-state index contributed by atoms with van der Waals surface area (Å²) in [5, 5.41) is 15.3. The summed E-state index contributed by atoms with van der Waals surface area (Å²) in [4.78, 5) is 29.7. The van der Waals surface area contributed by atoms with Crippen molar-refractivity contribution >= 4 is 23.3 Å². The molecule has 1 aliphatic heterocycles. The Labute approximate surface area is 189 Å². The minimum Gasteiger partial charge on any atom is -0.486 e. The predicted octanol–water partition coefficient (Wildman–Crippen LogP) is 3.11. The monoisotopic (exact) mass is 440 g/mol. The third-order valence-corrected chi connectivity index (χ3v) is 5.52. The summed E-state index contributed by atoms with van der Waals surface area (Å²) in [6.07, 6.45) is -0.217. The number of carbonyl (C=O) groups excluding carboxylic acids is 2. The molecule has 0 radical (unpaired) electrons. The van der Waals surface area contributed by atoms with Crippen LogP contribution in [0.25, 0.3) is 0 Å². The molecule has 0 spiro atoms. The Balaban J connectivity index is 1.96. The first-order chi connectivity index (χ1) is 15.3. The number of amides is 3. The standard InChI is InChI=1S/C24H32N4O4/c1-16-13-28(17(2)15-29)23(30)19-11-8-12-20(22(19)32-21(16)14-27(3)4)26-24(31)25-18-9-6-5-7-10-18/h5-12,16-17,21,29H,13-15H2,1-4H3,(H2,25,26,31)/t16-,17-,21-/m0/s1. The molecule has 2 aromatic rings. The molecule has 3 amide bonds. The maximum Gasteiger partial charge on any atom is 0.323 e. The number of carbonyl (C=O) groups is 2. The Bertz CT molecular complexity index is 935. The fraction of sp³-hybridized carbons (Fsp3) is 0.417. The van der Waals surface area contributed by atoms with Crippen molar-refractivity contribution in [2.75, 3.05) is 44.4 Å². The van der Waals surface area contributed by atoms with Gasteiger partial charge in [0.1, 0.15) is 6.10 Å². The summed E-state index contributed by atoms with van der Waals surface area (Å²) in [6, 6.07) is 13.5. The van der Waals surface area contributed by atoms with Gasteiger partial charge in [-0.05, 0) is 45.3 Å². The lowest BCUT2D eigenvalue weighted by Crippen LogP contribution is -2.49. The van der Waals surface area contributed by atoms with Crippen molar-refractivity contribution in [1.82, 2.24) is 9.80 Å². The molecule has 1 aliphatic rings. The molecule has 172 valence electrons. The SMILES string of the molecule is C[C@H]1CN([C@@H](C)CO)C(=O)c2cccc(NC(=O)Nc3ccccc3)c2O[C@H]1CN(C)C. The topological polar surface area (TPSA) is 94.1 Å². The van der Waals surface area contributed by atoms with Gasteiger partial charge in [0.15, 0.2) is 5.75 Å². The van der Waals surface area contributed by atoms with Crippen molar-refractivity contribution in [3.05, 3.63) is 54.1 Å². The third-order valence-electron chi connectivity index (χ3n) is 5.52. The number of aliphatic hydroxyl groups excluding tert-OH is 1. The van der Waals surface area contributed by atoms with E-state index in [1.54, 1.807) is 35.2 Å². The molecule has 0 saturated heterocycles. The number of urea groups is 1. The van der Waals surface area contributed by atoms with Gasteiger partial charge in [-0.25, -0.2) is 4.79 Å². The number of likely N-dealkylation sites (N-methyl/N-ethyl adjacent to an activating group) is 1. The van der Waals surface area contributed by atoms with Crippen molar-refractivity contribution in [3.8, 4) is 5.75 Å². The van der Waals surface area contributed by atoms with E-state index in [4.69, 9.17) is 4.74 Å². The van der Waals surface area contributed by atoms with E-state index in [2.05, 4.69) is 10.6 Å². The van der Waals surface area contributed by atoms with Crippen molar-refractivity contribution in [3.63, 3.8) is 0 Å². The Morgan fingerprint density at radius 3 is 2.56 bits per heavy atom. The number of nitrogens with one attached hydrogen (secondary N) is 2. The van der Waals surface area contributed by atoms with Crippen LogP contribution in [0.2, 0.25) is 0 Å². The molecule has 2 aromatic carbocycles. The molecular formula is C24H32N4O4. The minimum absolute atomic E-state index is 0.00898. The van der Waals surface area contributed by atoms with Crippen molar-refractivity contribution < 1.29 is 19.4 Å². The van der Waals surface area contributed by atoms with Gasteiger partial charge >= 0.3 is 6.03 Å². The molecule has 8 nitrogen and oxygen atoms in total. The van der Waals surface area contributed by atoms with E-state index in [0.717, 1.165) is 0 Å². The van der Waals surface area contributed by atoms with E-state index in [0.29, 0.717) is 35.8 Å². The fourth-order valence-corrected chi connectivity index (χ4v) is 3.73.